The molecule has 0 aliphatic carbocycles. The summed E-state index contributed by atoms with van der Waals surface area (Å²) in [5, 5.41) is 3.08. The van der Waals surface area contributed by atoms with Gasteiger partial charge in [-0.25, -0.2) is 16.8 Å². The highest BCUT2D eigenvalue weighted by Gasteiger charge is 2.28. The van der Waals surface area contributed by atoms with Crippen molar-refractivity contribution in [1.29, 1.82) is 0 Å². The molecule has 0 bridgehead atoms. The van der Waals surface area contributed by atoms with Crippen molar-refractivity contribution in [1.82, 2.24) is 0 Å². The smallest absolute Gasteiger partial charge is 0.229 e. The average Bonchev–Trinajstić information content (AvgIpc) is 2.59. The molecule has 19 heavy (non-hydrogen) atoms. The number of nitrogens with one attached hydrogen (secondary N) is 2. The van der Waals surface area contributed by atoms with E-state index in [1.54, 1.807) is 24.3 Å². The lowest BCUT2D eigenvalue weighted by Gasteiger charge is -2.16. The molecule has 1 aromatic rings. The Labute approximate surface area is 113 Å². The van der Waals surface area contributed by atoms with Crippen LogP contribution >= 0.6 is 0 Å². The second-order valence-electron chi connectivity index (χ2n) is 4.66. The van der Waals surface area contributed by atoms with Gasteiger partial charge in [0, 0.05) is 6.04 Å². The Morgan fingerprint density at radius 3 is 2.37 bits per heavy atom. The van der Waals surface area contributed by atoms with Crippen LogP contribution < -0.4 is 10.0 Å². The van der Waals surface area contributed by atoms with Crippen molar-refractivity contribution in [3.05, 3.63) is 24.3 Å². The van der Waals surface area contributed by atoms with E-state index in [2.05, 4.69) is 10.0 Å². The number of sulfonamides is 1. The van der Waals surface area contributed by atoms with Crippen LogP contribution in [-0.4, -0.2) is 40.6 Å². The first-order valence-corrected chi connectivity index (χ1v) is 9.50. The number of benzene rings is 1. The van der Waals surface area contributed by atoms with Gasteiger partial charge in [-0.05, 0) is 18.6 Å². The average molecular weight is 304 g/mol. The molecule has 0 aromatic heterocycles. The van der Waals surface area contributed by atoms with Gasteiger partial charge >= 0.3 is 0 Å². The molecule has 106 valence electrons. The Morgan fingerprint density at radius 1 is 1.21 bits per heavy atom. The molecule has 1 aliphatic heterocycles. The van der Waals surface area contributed by atoms with E-state index in [0.717, 1.165) is 6.26 Å². The highest BCUT2D eigenvalue weighted by atomic mass is 32.2. The Hall–Kier alpha value is -1.28. The standard InChI is InChI=1S/C11H16N2O4S2/c1-18(14,15)13-11-5-3-2-4-10(11)12-9-6-7-19(16,17)8-9/h2-5,9,12-13H,6-8H2,1H3. The van der Waals surface area contributed by atoms with Crippen LogP contribution in [0.3, 0.4) is 0 Å². The second kappa shape index (κ2) is 5.01. The first kappa shape index (κ1) is 14.1. The summed E-state index contributed by atoms with van der Waals surface area (Å²) in [5.41, 5.74) is 1.02. The van der Waals surface area contributed by atoms with E-state index in [9.17, 15) is 16.8 Å². The van der Waals surface area contributed by atoms with Crippen LogP contribution in [0.2, 0.25) is 0 Å². The van der Waals surface area contributed by atoms with Gasteiger partial charge in [0.05, 0.1) is 29.1 Å². The summed E-state index contributed by atoms with van der Waals surface area (Å²) in [6.45, 7) is 0. The number of sulfone groups is 1. The molecule has 6 nitrogen and oxygen atoms in total. The number of anilines is 2. The molecule has 2 N–H and O–H groups in total. The van der Waals surface area contributed by atoms with Gasteiger partial charge in [0.15, 0.2) is 9.84 Å². The summed E-state index contributed by atoms with van der Waals surface area (Å²) in [6, 6.07) is 6.65. The van der Waals surface area contributed by atoms with Crippen LogP contribution in [0, 0.1) is 0 Å². The van der Waals surface area contributed by atoms with Crippen molar-refractivity contribution in [3.63, 3.8) is 0 Å². The van der Waals surface area contributed by atoms with E-state index >= 15 is 0 Å². The van der Waals surface area contributed by atoms with E-state index in [0.29, 0.717) is 17.8 Å². The predicted octanol–water partition coefficient (Wildman–Crippen LogP) is 0.657. The van der Waals surface area contributed by atoms with Gasteiger partial charge in [0.1, 0.15) is 0 Å². The van der Waals surface area contributed by atoms with Crippen LogP contribution in [0.1, 0.15) is 6.42 Å². The van der Waals surface area contributed by atoms with Crippen molar-refractivity contribution < 1.29 is 16.8 Å². The van der Waals surface area contributed by atoms with Gasteiger partial charge in [-0.1, -0.05) is 12.1 Å². The van der Waals surface area contributed by atoms with Crippen molar-refractivity contribution in [2.45, 2.75) is 12.5 Å². The topological polar surface area (TPSA) is 92.3 Å². The fourth-order valence-corrected chi connectivity index (χ4v) is 4.28. The number of hydrogen-bond acceptors (Lipinski definition) is 5. The van der Waals surface area contributed by atoms with Crippen molar-refractivity contribution in [2.75, 3.05) is 27.8 Å². The highest BCUT2D eigenvalue weighted by Crippen LogP contribution is 2.25. The SMILES string of the molecule is CS(=O)(=O)Nc1ccccc1NC1CCS(=O)(=O)C1. The molecule has 1 aromatic carbocycles. The largest absolute Gasteiger partial charge is 0.380 e. The number of para-hydroxylation sites is 2. The maximum Gasteiger partial charge on any atom is 0.229 e. The lowest BCUT2D eigenvalue weighted by atomic mass is 10.2. The second-order valence-corrected chi connectivity index (χ2v) is 8.64. The molecule has 1 atom stereocenters. The third-order valence-corrected chi connectivity index (χ3v) is 5.17. The molecule has 0 saturated carbocycles. The number of rotatable bonds is 4. The molecule has 8 heteroatoms. The summed E-state index contributed by atoms with van der Waals surface area (Å²) >= 11 is 0. The Morgan fingerprint density at radius 2 is 1.84 bits per heavy atom. The highest BCUT2D eigenvalue weighted by molar-refractivity contribution is 7.92. The lowest BCUT2D eigenvalue weighted by molar-refractivity contribution is 0.601. The van der Waals surface area contributed by atoms with Gasteiger partial charge < -0.3 is 5.32 Å². The fraction of sp³-hybridized carbons (Fsp3) is 0.455. The van der Waals surface area contributed by atoms with Crippen LogP contribution in [0.25, 0.3) is 0 Å². The minimum atomic E-state index is -3.36. The molecule has 0 amide bonds. The normalized spacial score (nSPS) is 22.1. The van der Waals surface area contributed by atoms with Gasteiger partial charge in [0.25, 0.3) is 0 Å². The first-order chi connectivity index (χ1) is 8.75. The van der Waals surface area contributed by atoms with Gasteiger partial charge in [-0.2, -0.15) is 0 Å². The molecule has 0 radical (unpaired) electrons. The minimum absolute atomic E-state index is 0.0835. The van der Waals surface area contributed by atoms with Gasteiger partial charge in [0.2, 0.25) is 10.0 Å². The third kappa shape index (κ3) is 4.10. The molecule has 1 unspecified atom stereocenters. The maximum absolute atomic E-state index is 11.4. The molecule has 1 aliphatic rings. The minimum Gasteiger partial charge on any atom is -0.380 e. The summed E-state index contributed by atoms with van der Waals surface area (Å²) in [5.74, 6) is 0.256. The molecule has 2 rings (SSSR count). The van der Waals surface area contributed by atoms with E-state index in [-0.39, 0.29) is 17.5 Å². The lowest BCUT2D eigenvalue weighted by Crippen LogP contribution is -2.22. The van der Waals surface area contributed by atoms with Crippen LogP contribution in [0.5, 0.6) is 0 Å². The molecular formula is C11H16N2O4S2. The maximum atomic E-state index is 11.4. The monoisotopic (exact) mass is 304 g/mol. The Balaban J connectivity index is 2.17. The molecule has 1 fully saturated rings. The van der Waals surface area contributed by atoms with Crippen molar-refractivity contribution in [2.24, 2.45) is 0 Å². The van der Waals surface area contributed by atoms with E-state index in [1.807, 2.05) is 0 Å². The van der Waals surface area contributed by atoms with E-state index in [4.69, 9.17) is 0 Å². The fourth-order valence-electron chi connectivity index (χ4n) is 2.03. The summed E-state index contributed by atoms with van der Waals surface area (Å²) in [4.78, 5) is 0. The van der Waals surface area contributed by atoms with E-state index in [1.165, 1.54) is 0 Å². The third-order valence-electron chi connectivity index (χ3n) is 2.81. The summed E-state index contributed by atoms with van der Waals surface area (Å²) < 4.78 is 47.7. The van der Waals surface area contributed by atoms with E-state index < -0.39 is 19.9 Å². The molecule has 0 spiro atoms. The Bertz CT molecular complexity index is 668. The van der Waals surface area contributed by atoms with Gasteiger partial charge in [-0.3, -0.25) is 4.72 Å². The zero-order valence-corrected chi connectivity index (χ0v) is 12.1. The van der Waals surface area contributed by atoms with Crippen molar-refractivity contribution in [3.8, 4) is 0 Å². The quantitative estimate of drug-likeness (QED) is 0.852. The van der Waals surface area contributed by atoms with Crippen LogP contribution in [0.4, 0.5) is 11.4 Å². The number of hydrogen-bond donors (Lipinski definition) is 2. The van der Waals surface area contributed by atoms with Crippen LogP contribution in [0.15, 0.2) is 24.3 Å². The molecule has 1 saturated heterocycles. The summed E-state index contributed by atoms with van der Waals surface area (Å²) in [7, 11) is -6.33. The first-order valence-electron chi connectivity index (χ1n) is 5.79. The van der Waals surface area contributed by atoms with Crippen LogP contribution in [-0.2, 0) is 19.9 Å². The molecule has 1 heterocycles. The molecular weight excluding hydrogens is 288 g/mol. The van der Waals surface area contributed by atoms with Crippen molar-refractivity contribution >= 4 is 31.2 Å². The van der Waals surface area contributed by atoms with Gasteiger partial charge in [-0.15, -0.1) is 0 Å². The zero-order chi connectivity index (χ0) is 14.1. The summed E-state index contributed by atoms with van der Waals surface area (Å²) in [6.07, 6.45) is 1.61. The predicted molar refractivity (Wildman–Crippen MR) is 75.6 cm³/mol. The zero-order valence-electron chi connectivity index (χ0n) is 10.5. The Kier molecular flexibility index (Phi) is 3.73.